The van der Waals surface area contributed by atoms with Gasteiger partial charge in [-0.05, 0) is 30.5 Å². The van der Waals surface area contributed by atoms with Gasteiger partial charge < -0.3 is 15.0 Å². The first kappa shape index (κ1) is 17.3. The molecule has 1 aromatic heterocycles. The number of hydrogen-bond acceptors (Lipinski definition) is 6. The normalized spacial score (nSPS) is 16.5. The fraction of sp³-hybridized carbons (Fsp3) is 0.286. The van der Waals surface area contributed by atoms with E-state index < -0.39 is 0 Å². The molecular formula is C21H22N4O2. The Hall–Kier alpha value is -3.15. The summed E-state index contributed by atoms with van der Waals surface area (Å²) in [6.45, 7) is 1.41. The Labute approximate surface area is 158 Å². The van der Waals surface area contributed by atoms with Crippen LogP contribution in [-0.4, -0.2) is 35.6 Å². The predicted molar refractivity (Wildman–Crippen MR) is 106 cm³/mol. The Morgan fingerprint density at radius 2 is 1.93 bits per heavy atom. The third-order valence-corrected chi connectivity index (χ3v) is 4.88. The van der Waals surface area contributed by atoms with Crippen LogP contribution >= 0.6 is 0 Å². The molecule has 1 atom stereocenters. The van der Waals surface area contributed by atoms with Gasteiger partial charge in [0.25, 0.3) is 0 Å². The van der Waals surface area contributed by atoms with Gasteiger partial charge in [0, 0.05) is 18.5 Å². The second-order valence-corrected chi connectivity index (χ2v) is 6.60. The number of rotatable bonds is 5. The summed E-state index contributed by atoms with van der Waals surface area (Å²) in [7, 11) is 1.42. The van der Waals surface area contributed by atoms with Gasteiger partial charge in [0.15, 0.2) is 0 Å². The highest BCUT2D eigenvalue weighted by Crippen LogP contribution is 2.28. The summed E-state index contributed by atoms with van der Waals surface area (Å²) >= 11 is 0. The van der Waals surface area contributed by atoms with Crippen molar-refractivity contribution in [1.29, 1.82) is 0 Å². The Morgan fingerprint density at radius 1 is 1.15 bits per heavy atom. The molecule has 0 saturated carbocycles. The molecule has 0 amide bonds. The number of benzene rings is 2. The van der Waals surface area contributed by atoms with Crippen molar-refractivity contribution in [3.8, 4) is 0 Å². The predicted octanol–water partition coefficient (Wildman–Crippen LogP) is 3.38. The van der Waals surface area contributed by atoms with E-state index in [0.29, 0.717) is 12.5 Å². The van der Waals surface area contributed by atoms with E-state index in [-0.39, 0.29) is 12.0 Å². The van der Waals surface area contributed by atoms with Gasteiger partial charge in [-0.3, -0.25) is 0 Å². The van der Waals surface area contributed by atoms with E-state index in [1.54, 1.807) is 0 Å². The average Bonchev–Trinajstić information content (AvgIpc) is 3.22. The van der Waals surface area contributed by atoms with Crippen LogP contribution in [0.25, 0.3) is 10.9 Å². The summed E-state index contributed by atoms with van der Waals surface area (Å²) in [5, 5.41) is 4.40. The number of ether oxygens (including phenoxy) is 1. The van der Waals surface area contributed by atoms with Gasteiger partial charge in [-0.1, -0.05) is 42.5 Å². The molecule has 1 aliphatic rings. The van der Waals surface area contributed by atoms with Crippen LogP contribution < -0.4 is 10.2 Å². The molecule has 1 N–H and O–H groups in total. The molecule has 2 heterocycles. The van der Waals surface area contributed by atoms with Crippen molar-refractivity contribution in [3.63, 3.8) is 0 Å². The van der Waals surface area contributed by atoms with Gasteiger partial charge in [0.05, 0.1) is 12.6 Å². The van der Waals surface area contributed by atoms with E-state index in [0.717, 1.165) is 36.1 Å². The number of methoxy groups -OCH3 is 1. The quantitative estimate of drug-likeness (QED) is 0.702. The van der Waals surface area contributed by atoms with Gasteiger partial charge in [-0.2, -0.15) is 4.98 Å². The van der Waals surface area contributed by atoms with Gasteiger partial charge in [0.2, 0.25) is 5.95 Å². The van der Waals surface area contributed by atoms with Crippen molar-refractivity contribution >= 4 is 28.6 Å². The highest BCUT2D eigenvalue weighted by atomic mass is 16.5. The monoisotopic (exact) mass is 362 g/mol. The van der Waals surface area contributed by atoms with Crippen molar-refractivity contribution in [1.82, 2.24) is 9.97 Å². The minimum atomic E-state index is -0.321. The fourth-order valence-corrected chi connectivity index (χ4v) is 3.50. The van der Waals surface area contributed by atoms with Crippen molar-refractivity contribution < 1.29 is 9.53 Å². The molecule has 1 fully saturated rings. The number of carbonyl (C=O) groups excluding carboxylic acids is 1. The number of nitrogens with zero attached hydrogens (tertiary/aromatic N) is 3. The Bertz CT molecular complexity index is 945. The summed E-state index contributed by atoms with van der Waals surface area (Å²) in [4.78, 5) is 23.5. The van der Waals surface area contributed by atoms with E-state index in [4.69, 9.17) is 14.7 Å². The zero-order valence-corrected chi connectivity index (χ0v) is 15.3. The lowest BCUT2D eigenvalue weighted by Crippen LogP contribution is -2.38. The van der Waals surface area contributed by atoms with E-state index in [1.807, 2.05) is 47.4 Å². The van der Waals surface area contributed by atoms with Crippen LogP contribution in [0.2, 0.25) is 0 Å². The van der Waals surface area contributed by atoms with E-state index in [2.05, 4.69) is 17.4 Å². The minimum Gasteiger partial charge on any atom is -0.467 e. The van der Waals surface area contributed by atoms with Crippen LogP contribution in [0.1, 0.15) is 18.4 Å². The van der Waals surface area contributed by atoms with Crippen LogP contribution in [0.4, 0.5) is 11.8 Å². The number of para-hydroxylation sites is 1. The Balaban J connectivity index is 1.69. The molecule has 138 valence electrons. The molecule has 0 bridgehead atoms. The maximum Gasteiger partial charge on any atom is 0.328 e. The molecule has 27 heavy (non-hydrogen) atoms. The number of esters is 1. The summed E-state index contributed by atoms with van der Waals surface area (Å²) in [5.74, 6) is 1.11. The summed E-state index contributed by atoms with van der Waals surface area (Å²) in [6.07, 6.45) is 1.68. The second-order valence-electron chi connectivity index (χ2n) is 6.60. The molecule has 3 aromatic rings. The molecule has 0 spiro atoms. The number of aromatic nitrogens is 2. The molecule has 1 unspecified atom stereocenters. The average molecular weight is 362 g/mol. The summed E-state index contributed by atoms with van der Waals surface area (Å²) in [5.41, 5.74) is 2.03. The smallest absolute Gasteiger partial charge is 0.328 e. The van der Waals surface area contributed by atoms with Gasteiger partial charge in [0.1, 0.15) is 11.9 Å². The first-order valence-electron chi connectivity index (χ1n) is 9.15. The molecule has 6 nitrogen and oxygen atoms in total. The first-order chi connectivity index (χ1) is 13.3. The largest absolute Gasteiger partial charge is 0.467 e. The highest BCUT2D eigenvalue weighted by Gasteiger charge is 2.33. The fourth-order valence-electron chi connectivity index (χ4n) is 3.50. The second kappa shape index (κ2) is 7.61. The molecule has 4 rings (SSSR count). The van der Waals surface area contributed by atoms with Crippen molar-refractivity contribution in [2.75, 3.05) is 23.9 Å². The minimum absolute atomic E-state index is 0.233. The van der Waals surface area contributed by atoms with E-state index in [9.17, 15) is 4.79 Å². The molecule has 1 saturated heterocycles. The third-order valence-electron chi connectivity index (χ3n) is 4.88. The van der Waals surface area contributed by atoms with Crippen LogP contribution in [0.15, 0.2) is 54.6 Å². The number of fused-ring (bicyclic) bond motifs is 1. The maximum absolute atomic E-state index is 12.1. The standard InChI is InChI=1S/C21H22N4O2/c1-27-20(26)18-12-7-13-25(18)21-23-17-11-6-5-10-16(17)19(24-21)22-14-15-8-3-2-4-9-15/h2-6,8-11,18H,7,12-14H2,1H3,(H,22,23,24). The zero-order chi connectivity index (χ0) is 18.6. The Morgan fingerprint density at radius 3 is 2.74 bits per heavy atom. The lowest BCUT2D eigenvalue weighted by molar-refractivity contribution is -0.141. The molecule has 1 aliphatic heterocycles. The third kappa shape index (κ3) is 3.56. The molecule has 0 aliphatic carbocycles. The molecular weight excluding hydrogens is 340 g/mol. The lowest BCUT2D eigenvalue weighted by Gasteiger charge is -2.23. The van der Waals surface area contributed by atoms with E-state index in [1.165, 1.54) is 12.7 Å². The lowest BCUT2D eigenvalue weighted by atomic mass is 10.2. The summed E-state index contributed by atoms with van der Waals surface area (Å²) < 4.78 is 4.96. The number of carbonyl (C=O) groups is 1. The molecule has 2 aromatic carbocycles. The van der Waals surface area contributed by atoms with Gasteiger partial charge >= 0.3 is 5.97 Å². The van der Waals surface area contributed by atoms with Gasteiger partial charge in [-0.15, -0.1) is 0 Å². The zero-order valence-electron chi connectivity index (χ0n) is 15.3. The van der Waals surface area contributed by atoms with Crippen LogP contribution in [0.3, 0.4) is 0 Å². The van der Waals surface area contributed by atoms with Crippen LogP contribution in [0, 0.1) is 0 Å². The van der Waals surface area contributed by atoms with Crippen molar-refractivity contribution in [3.05, 3.63) is 60.2 Å². The topological polar surface area (TPSA) is 67.3 Å². The number of hydrogen-bond donors (Lipinski definition) is 1. The van der Waals surface area contributed by atoms with Gasteiger partial charge in [-0.25, -0.2) is 9.78 Å². The highest BCUT2D eigenvalue weighted by molar-refractivity contribution is 5.90. The molecule has 0 radical (unpaired) electrons. The Kier molecular flexibility index (Phi) is 4.87. The number of anilines is 2. The van der Waals surface area contributed by atoms with Crippen LogP contribution in [-0.2, 0) is 16.1 Å². The maximum atomic E-state index is 12.1. The van der Waals surface area contributed by atoms with Crippen LogP contribution in [0.5, 0.6) is 0 Å². The van der Waals surface area contributed by atoms with Crippen molar-refractivity contribution in [2.45, 2.75) is 25.4 Å². The van der Waals surface area contributed by atoms with Crippen molar-refractivity contribution in [2.24, 2.45) is 0 Å². The molecule has 6 heteroatoms. The SMILES string of the molecule is COC(=O)C1CCCN1c1nc(NCc2ccccc2)c2ccccc2n1. The van der Waals surface area contributed by atoms with E-state index >= 15 is 0 Å². The first-order valence-corrected chi connectivity index (χ1v) is 9.15. The number of nitrogens with one attached hydrogen (secondary N) is 1. The summed E-state index contributed by atoms with van der Waals surface area (Å²) in [6, 6.07) is 17.8.